The van der Waals surface area contributed by atoms with E-state index < -0.39 is 17.5 Å². The van der Waals surface area contributed by atoms with Gasteiger partial charge in [-0.2, -0.15) is 0 Å². The number of hydrogen-bond acceptors (Lipinski definition) is 4. The number of hydrogen-bond donors (Lipinski definition) is 2. The number of aromatic nitrogens is 1. The minimum atomic E-state index is -0.848. The predicted octanol–water partition coefficient (Wildman–Crippen LogP) is 4.36. The molecule has 2 aromatic carbocycles. The van der Waals surface area contributed by atoms with E-state index >= 15 is 0 Å². The standard InChI is InChI=1S/C19H15F2N3O2/c1-26-16-5-3-14(4-6-16)23-15-8-12(10-22-11-15)19(25)24-18-7-2-13(20)9-17(18)21/h2-11,23H,1H3,(H,24,25). The van der Waals surface area contributed by atoms with E-state index in [1.165, 1.54) is 6.20 Å². The van der Waals surface area contributed by atoms with E-state index in [0.717, 1.165) is 23.6 Å². The van der Waals surface area contributed by atoms with Gasteiger partial charge in [-0.15, -0.1) is 0 Å². The predicted molar refractivity (Wildman–Crippen MR) is 94.8 cm³/mol. The fourth-order valence-electron chi connectivity index (χ4n) is 2.26. The molecule has 0 aliphatic rings. The Morgan fingerprint density at radius 2 is 1.77 bits per heavy atom. The first-order valence-electron chi connectivity index (χ1n) is 7.67. The Morgan fingerprint density at radius 3 is 2.46 bits per heavy atom. The molecule has 3 aromatic rings. The molecule has 0 bridgehead atoms. The molecule has 7 heteroatoms. The zero-order valence-electron chi connectivity index (χ0n) is 13.8. The Kier molecular flexibility index (Phi) is 5.07. The number of pyridine rings is 1. The van der Waals surface area contributed by atoms with Crippen LogP contribution in [-0.2, 0) is 0 Å². The smallest absolute Gasteiger partial charge is 0.257 e. The lowest BCUT2D eigenvalue weighted by molar-refractivity contribution is 0.102. The van der Waals surface area contributed by atoms with Crippen molar-refractivity contribution in [2.45, 2.75) is 0 Å². The van der Waals surface area contributed by atoms with Gasteiger partial charge in [0.25, 0.3) is 5.91 Å². The molecule has 0 aliphatic carbocycles. The van der Waals surface area contributed by atoms with Gasteiger partial charge in [0.2, 0.25) is 0 Å². The van der Waals surface area contributed by atoms with Crippen LogP contribution in [0.2, 0.25) is 0 Å². The first-order valence-corrected chi connectivity index (χ1v) is 7.67. The van der Waals surface area contributed by atoms with E-state index in [9.17, 15) is 13.6 Å². The summed E-state index contributed by atoms with van der Waals surface area (Å²) in [5.74, 6) is -1.39. The Labute approximate surface area is 148 Å². The molecule has 2 N–H and O–H groups in total. The second-order valence-electron chi connectivity index (χ2n) is 5.39. The topological polar surface area (TPSA) is 63.2 Å². The molecule has 5 nitrogen and oxygen atoms in total. The average molecular weight is 355 g/mol. The molecule has 26 heavy (non-hydrogen) atoms. The van der Waals surface area contributed by atoms with Gasteiger partial charge in [-0.3, -0.25) is 9.78 Å². The first kappa shape index (κ1) is 17.3. The number of amides is 1. The van der Waals surface area contributed by atoms with Crippen LogP contribution in [0.25, 0.3) is 0 Å². The van der Waals surface area contributed by atoms with Crippen molar-refractivity contribution in [2.24, 2.45) is 0 Å². The number of anilines is 3. The van der Waals surface area contributed by atoms with Gasteiger partial charge in [-0.05, 0) is 42.5 Å². The van der Waals surface area contributed by atoms with E-state index in [4.69, 9.17) is 4.74 Å². The monoisotopic (exact) mass is 355 g/mol. The fraction of sp³-hybridized carbons (Fsp3) is 0.0526. The summed E-state index contributed by atoms with van der Waals surface area (Å²) in [4.78, 5) is 16.3. The largest absolute Gasteiger partial charge is 0.497 e. The summed E-state index contributed by atoms with van der Waals surface area (Å²) >= 11 is 0. The quantitative estimate of drug-likeness (QED) is 0.714. The van der Waals surface area contributed by atoms with Gasteiger partial charge in [0, 0.05) is 18.0 Å². The van der Waals surface area contributed by atoms with Crippen molar-refractivity contribution in [1.29, 1.82) is 0 Å². The average Bonchev–Trinajstić information content (AvgIpc) is 2.65. The summed E-state index contributed by atoms with van der Waals surface area (Å²) in [5, 5.41) is 5.51. The minimum Gasteiger partial charge on any atom is -0.497 e. The Morgan fingerprint density at radius 1 is 1.00 bits per heavy atom. The number of carbonyl (C=O) groups excluding carboxylic acids is 1. The summed E-state index contributed by atoms with van der Waals surface area (Å²) in [6.07, 6.45) is 2.91. The van der Waals surface area contributed by atoms with E-state index in [0.29, 0.717) is 11.8 Å². The van der Waals surface area contributed by atoms with Gasteiger partial charge in [0.05, 0.1) is 30.2 Å². The van der Waals surface area contributed by atoms with Crippen LogP contribution in [0.1, 0.15) is 10.4 Å². The van der Waals surface area contributed by atoms with Crippen molar-refractivity contribution >= 4 is 23.0 Å². The highest BCUT2D eigenvalue weighted by Gasteiger charge is 2.11. The fourth-order valence-corrected chi connectivity index (χ4v) is 2.26. The third-order valence-corrected chi connectivity index (χ3v) is 3.56. The number of carbonyl (C=O) groups is 1. The van der Waals surface area contributed by atoms with E-state index in [1.807, 2.05) is 12.1 Å². The lowest BCUT2D eigenvalue weighted by atomic mass is 10.2. The second-order valence-corrected chi connectivity index (χ2v) is 5.39. The zero-order valence-corrected chi connectivity index (χ0v) is 13.8. The molecule has 0 saturated carbocycles. The molecule has 0 fully saturated rings. The van der Waals surface area contributed by atoms with Crippen LogP contribution in [0.4, 0.5) is 25.8 Å². The maximum Gasteiger partial charge on any atom is 0.257 e. The van der Waals surface area contributed by atoms with Gasteiger partial charge >= 0.3 is 0 Å². The number of ether oxygens (including phenoxy) is 1. The van der Waals surface area contributed by atoms with Gasteiger partial charge in [0.1, 0.15) is 17.4 Å². The molecule has 132 valence electrons. The van der Waals surface area contributed by atoms with Gasteiger partial charge < -0.3 is 15.4 Å². The van der Waals surface area contributed by atoms with Gasteiger partial charge in [-0.25, -0.2) is 8.78 Å². The highest BCUT2D eigenvalue weighted by Crippen LogP contribution is 2.21. The summed E-state index contributed by atoms with van der Waals surface area (Å²) in [6, 6.07) is 11.7. The number of rotatable bonds is 5. The molecule has 0 saturated heterocycles. The molecule has 0 atom stereocenters. The molecule has 1 amide bonds. The molecule has 0 unspecified atom stereocenters. The summed E-state index contributed by atoms with van der Waals surface area (Å²) < 4.78 is 31.7. The number of halogens is 2. The van der Waals surface area contributed by atoms with Crippen LogP contribution in [0.5, 0.6) is 5.75 Å². The molecule has 0 radical (unpaired) electrons. The number of nitrogens with zero attached hydrogens (tertiary/aromatic N) is 1. The van der Waals surface area contributed by atoms with Crippen LogP contribution in [-0.4, -0.2) is 18.0 Å². The third-order valence-electron chi connectivity index (χ3n) is 3.56. The van der Waals surface area contributed by atoms with Crippen molar-refractivity contribution in [3.63, 3.8) is 0 Å². The van der Waals surface area contributed by atoms with Crippen molar-refractivity contribution < 1.29 is 18.3 Å². The van der Waals surface area contributed by atoms with Crippen LogP contribution in [0, 0.1) is 11.6 Å². The number of benzene rings is 2. The Hall–Kier alpha value is -3.48. The molecule has 0 spiro atoms. The molecule has 1 aromatic heterocycles. The van der Waals surface area contributed by atoms with Crippen LogP contribution in [0.3, 0.4) is 0 Å². The zero-order chi connectivity index (χ0) is 18.5. The first-order chi connectivity index (χ1) is 12.5. The maximum atomic E-state index is 13.7. The molecular weight excluding hydrogens is 340 g/mol. The summed E-state index contributed by atoms with van der Waals surface area (Å²) in [6.45, 7) is 0. The highest BCUT2D eigenvalue weighted by atomic mass is 19.1. The van der Waals surface area contributed by atoms with Crippen molar-refractivity contribution in [1.82, 2.24) is 4.98 Å². The third kappa shape index (κ3) is 4.13. The number of nitrogens with one attached hydrogen (secondary N) is 2. The van der Waals surface area contributed by atoms with E-state index in [2.05, 4.69) is 15.6 Å². The van der Waals surface area contributed by atoms with E-state index in [-0.39, 0.29) is 11.3 Å². The van der Waals surface area contributed by atoms with Gasteiger partial charge in [-0.1, -0.05) is 0 Å². The number of methoxy groups -OCH3 is 1. The van der Waals surface area contributed by atoms with Crippen LogP contribution >= 0.6 is 0 Å². The SMILES string of the molecule is COc1ccc(Nc2cncc(C(=O)Nc3ccc(F)cc3F)c2)cc1. The van der Waals surface area contributed by atoms with Crippen molar-refractivity contribution in [3.8, 4) is 5.75 Å². The van der Waals surface area contributed by atoms with Crippen molar-refractivity contribution in [2.75, 3.05) is 17.7 Å². The maximum absolute atomic E-state index is 13.7. The Balaban J connectivity index is 1.74. The second kappa shape index (κ2) is 7.60. The molecule has 0 aliphatic heterocycles. The minimum absolute atomic E-state index is 0.107. The molecule has 1 heterocycles. The van der Waals surface area contributed by atoms with E-state index in [1.54, 1.807) is 31.5 Å². The van der Waals surface area contributed by atoms with Gasteiger partial charge in [0.15, 0.2) is 0 Å². The summed E-state index contributed by atoms with van der Waals surface area (Å²) in [5.41, 5.74) is 1.49. The normalized spacial score (nSPS) is 10.3. The van der Waals surface area contributed by atoms with Crippen molar-refractivity contribution in [3.05, 3.63) is 78.1 Å². The summed E-state index contributed by atoms with van der Waals surface area (Å²) in [7, 11) is 1.58. The Bertz CT molecular complexity index is 930. The highest BCUT2D eigenvalue weighted by molar-refractivity contribution is 6.04. The molecule has 3 rings (SSSR count). The van der Waals surface area contributed by atoms with Crippen LogP contribution < -0.4 is 15.4 Å². The lowest BCUT2D eigenvalue weighted by Crippen LogP contribution is -2.13. The lowest BCUT2D eigenvalue weighted by Gasteiger charge is -2.10. The van der Waals surface area contributed by atoms with Crippen LogP contribution in [0.15, 0.2) is 60.9 Å². The molecular formula is C19H15F2N3O2.